The molecule has 0 bridgehead atoms. The van der Waals surface area contributed by atoms with Gasteiger partial charge < -0.3 is 19.9 Å². The molecule has 40 heavy (non-hydrogen) atoms. The average molecular weight is 623 g/mol. The molecule has 2 amide bonds. The number of nitrogens with zero attached hydrogens (tertiary/aromatic N) is 4. The molecule has 8 nitrogen and oxygen atoms in total. The van der Waals surface area contributed by atoms with Gasteiger partial charge in [-0.25, -0.2) is 0 Å². The Balaban J connectivity index is 1.39. The Kier molecular flexibility index (Phi) is 8.31. The molecule has 0 saturated carbocycles. The van der Waals surface area contributed by atoms with Crippen molar-refractivity contribution in [1.29, 1.82) is 5.26 Å². The smallest absolute Gasteiger partial charge is 0.254 e. The predicted molar refractivity (Wildman–Crippen MR) is 157 cm³/mol. The number of anilines is 1. The molecule has 3 aromatic carbocycles. The molecular weight excluding hydrogens is 594 g/mol. The van der Waals surface area contributed by atoms with Crippen molar-refractivity contribution in [3.8, 4) is 11.8 Å². The maximum absolute atomic E-state index is 13.9. The van der Waals surface area contributed by atoms with Crippen LogP contribution in [0, 0.1) is 18.3 Å². The molecule has 2 saturated heterocycles. The Morgan fingerprint density at radius 3 is 2.58 bits per heavy atom. The standard InChI is InChI=1S/C30H29BrClN5O3/c1-19-13-24(40-2)9-5-22(19)16-34-29(38)28-27-17-35(30(39)21-6-10-25(31)26(32)14-21)11-12-36(27)18-37(28)23-7-3-20(15-33)4-8-23/h3-10,13-14,27-28H,11-12,16-18H2,1-2H3,(H,34,38). The Hall–Kier alpha value is -3.58. The molecule has 0 spiro atoms. The first kappa shape index (κ1) is 28.0. The number of carbonyl (C=O) groups excluding carboxylic acids is 2. The van der Waals surface area contributed by atoms with Gasteiger partial charge in [0, 0.05) is 41.9 Å². The van der Waals surface area contributed by atoms with Crippen molar-refractivity contribution in [3.63, 3.8) is 0 Å². The molecule has 2 fully saturated rings. The second-order valence-corrected chi connectivity index (χ2v) is 11.2. The number of hydrogen-bond donors (Lipinski definition) is 1. The number of hydrogen-bond acceptors (Lipinski definition) is 6. The minimum atomic E-state index is -0.532. The van der Waals surface area contributed by atoms with Gasteiger partial charge in [0.25, 0.3) is 5.91 Å². The lowest BCUT2D eigenvalue weighted by molar-refractivity contribution is -0.123. The van der Waals surface area contributed by atoms with E-state index in [0.717, 1.165) is 27.0 Å². The van der Waals surface area contributed by atoms with Crippen LogP contribution < -0.4 is 15.0 Å². The number of benzene rings is 3. The number of ether oxygens (including phenoxy) is 1. The molecule has 1 N–H and O–H groups in total. The number of fused-ring (bicyclic) bond motifs is 1. The number of halogens is 2. The van der Waals surface area contributed by atoms with E-state index in [1.165, 1.54) is 0 Å². The highest BCUT2D eigenvalue weighted by Gasteiger charge is 2.47. The van der Waals surface area contributed by atoms with Crippen LogP contribution in [0.5, 0.6) is 5.75 Å². The van der Waals surface area contributed by atoms with E-state index < -0.39 is 6.04 Å². The molecular formula is C30H29BrClN5O3. The van der Waals surface area contributed by atoms with E-state index in [1.807, 2.05) is 37.3 Å². The lowest BCUT2D eigenvalue weighted by Crippen LogP contribution is -2.58. The molecule has 0 aliphatic carbocycles. The molecule has 2 unspecified atom stereocenters. The molecule has 10 heteroatoms. The zero-order valence-electron chi connectivity index (χ0n) is 22.2. The Morgan fingerprint density at radius 2 is 1.90 bits per heavy atom. The van der Waals surface area contributed by atoms with Gasteiger partial charge in [-0.2, -0.15) is 5.26 Å². The summed E-state index contributed by atoms with van der Waals surface area (Å²) in [5.41, 5.74) is 3.95. The summed E-state index contributed by atoms with van der Waals surface area (Å²) in [5.74, 6) is 0.539. The molecule has 2 aliphatic heterocycles. The lowest BCUT2D eigenvalue weighted by atomic mass is 10.0. The summed E-state index contributed by atoms with van der Waals surface area (Å²) in [6, 6.07) is 19.6. The maximum atomic E-state index is 13.9. The van der Waals surface area contributed by atoms with Gasteiger partial charge >= 0.3 is 0 Å². The van der Waals surface area contributed by atoms with Gasteiger partial charge in [0.2, 0.25) is 5.91 Å². The summed E-state index contributed by atoms with van der Waals surface area (Å²) in [4.78, 5) is 33.4. The number of rotatable bonds is 6. The first-order valence-electron chi connectivity index (χ1n) is 13.0. The third-order valence-corrected chi connectivity index (χ3v) is 8.85. The van der Waals surface area contributed by atoms with Crippen LogP contribution in [0.4, 0.5) is 5.69 Å². The van der Waals surface area contributed by atoms with Crippen molar-refractivity contribution in [3.05, 3.63) is 92.4 Å². The molecule has 5 rings (SSSR count). The van der Waals surface area contributed by atoms with Gasteiger partial charge in [-0.15, -0.1) is 0 Å². The summed E-state index contributed by atoms with van der Waals surface area (Å²) in [7, 11) is 1.63. The molecule has 0 aromatic heterocycles. The third-order valence-electron chi connectivity index (χ3n) is 7.62. The fourth-order valence-corrected chi connectivity index (χ4v) is 5.80. The second kappa shape index (κ2) is 11.9. The molecule has 0 radical (unpaired) electrons. The van der Waals surface area contributed by atoms with Crippen molar-refractivity contribution in [2.75, 3.05) is 38.3 Å². The fourth-order valence-electron chi connectivity index (χ4n) is 5.38. The summed E-state index contributed by atoms with van der Waals surface area (Å²) >= 11 is 9.64. The number of amides is 2. The van der Waals surface area contributed by atoms with Crippen LogP contribution in [0.2, 0.25) is 5.02 Å². The van der Waals surface area contributed by atoms with E-state index in [0.29, 0.717) is 49.0 Å². The van der Waals surface area contributed by atoms with Crippen LogP contribution in [-0.4, -0.2) is 67.1 Å². The van der Waals surface area contributed by atoms with Gasteiger partial charge in [0.05, 0.1) is 36.5 Å². The Labute approximate surface area is 247 Å². The monoisotopic (exact) mass is 621 g/mol. The minimum absolute atomic E-state index is 0.112. The van der Waals surface area contributed by atoms with Gasteiger partial charge in [-0.05, 0) is 88.6 Å². The van der Waals surface area contributed by atoms with E-state index in [1.54, 1.807) is 42.3 Å². The van der Waals surface area contributed by atoms with Crippen molar-refractivity contribution >= 4 is 45.0 Å². The normalized spacial score (nSPS) is 18.7. The minimum Gasteiger partial charge on any atom is -0.497 e. The molecule has 2 atom stereocenters. The summed E-state index contributed by atoms with van der Waals surface area (Å²) in [6.07, 6.45) is 0. The topological polar surface area (TPSA) is 88.9 Å². The average Bonchev–Trinajstić information content (AvgIpc) is 3.36. The highest BCUT2D eigenvalue weighted by Crippen LogP contribution is 2.32. The zero-order valence-corrected chi connectivity index (χ0v) is 24.6. The molecule has 206 valence electrons. The van der Waals surface area contributed by atoms with Crippen LogP contribution in [-0.2, 0) is 11.3 Å². The fraction of sp³-hybridized carbons (Fsp3) is 0.300. The van der Waals surface area contributed by atoms with Crippen molar-refractivity contribution < 1.29 is 14.3 Å². The number of nitriles is 1. The quantitative estimate of drug-likeness (QED) is 0.433. The molecule has 2 heterocycles. The van der Waals surface area contributed by atoms with Crippen molar-refractivity contribution in [1.82, 2.24) is 15.1 Å². The first-order chi connectivity index (χ1) is 19.3. The van der Waals surface area contributed by atoms with Crippen LogP contribution in [0.3, 0.4) is 0 Å². The maximum Gasteiger partial charge on any atom is 0.254 e. The lowest BCUT2D eigenvalue weighted by Gasteiger charge is -2.38. The number of methoxy groups -OCH3 is 1. The van der Waals surface area contributed by atoms with Gasteiger partial charge in [0.15, 0.2) is 0 Å². The Morgan fingerprint density at radius 1 is 1.12 bits per heavy atom. The number of piperazine rings is 1. The second-order valence-electron chi connectivity index (χ2n) is 9.98. The first-order valence-corrected chi connectivity index (χ1v) is 14.1. The number of carbonyl (C=O) groups is 2. The third kappa shape index (κ3) is 5.66. The van der Waals surface area contributed by atoms with E-state index in [-0.39, 0.29) is 17.9 Å². The predicted octanol–water partition coefficient (Wildman–Crippen LogP) is 4.58. The highest BCUT2D eigenvalue weighted by molar-refractivity contribution is 9.10. The van der Waals surface area contributed by atoms with Crippen LogP contribution in [0.1, 0.15) is 27.0 Å². The van der Waals surface area contributed by atoms with E-state index in [4.69, 9.17) is 16.3 Å². The largest absolute Gasteiger partial charge is 0.497 e. The van der Waals surface area contributed by atoms with Crippen LogP contribution >= 0.6 is 27.5 Å². The van der Waals surface area contributed by atoms with Crippen LogP contribution in [0.15, 0.2) is 65.1 Å². The molecule has 3 aromatic rings. The number of aryl methyl sites for hydroxylation is 1. The zero-order chi connectivity index (χ0) is 28.4. The van der Waals surface area contributed by atoms with Crippen molar-refractivity contribution in [2.24, 2.45) is 0 Å². The highest BCUT2D eigenvalue weighted by atomic mass is 79.9. The van der Waals surface area contributed by atoms with Crippen LogP contribution in [0.25, 0.3) is 0 Å². The Bertz CT molecular complexity index is 1480. The molecule has 2 aliphatic rings. The van der Waals surface area contributed by atoms with E-state index in [9.17, 15) is 14.9 Å². The van der Waals surface area contributed by atoms with Gasteiger partial charge in [-0.3, -0.25) is 14.5 Å². The summed E-state index contributed by atoms with van der Waals surface area (Å²) in [5, 5.41) is 12.9. The van der Waals surface area contributed by atoms with E-state index >= 15 is 0 Å². The van der Waals surface area contributed by atoms with Gasteiger partial charge in [0.1, 0.15) is 11.8 Å². The SMILES string of the molecule is COc1ccc(CNC(=O)C2C3CN(C(=O)c4ccc(Br)c(Cl)c4)CCN3CN2c2ccc(C#N)cc2)c(C)c1. The summed E-state index contributed by atoms with van der Waals surface area (Å²) in [6.45, 7) is 4.49. The van der Waals surface area contributed by atoms with E-state index in [2.05, 4.69) is 37.1 Å². The number of nitrogens with one attached hydrogen (secondary N) is 1. The summed E-state index contributed by atoms with van der Waals surface area (Å²) < 4.78 is 6.04. The van der Waals surface area contributed by atoms with Crippen molar-refractivity contribution in [2.45, 2.75) is 25.6 Å². The van der Waals surface area contributed by atoms with Gasteiger partial charge in [-0.1, -0.05) is 17.7 Å².